The number of nitrogens with zero attached hydrogens (tertiary/aromatic N) is 1. The minimum atomic E-state index is -0.839. The van der Waals surface area contributed by atoms with E-state index in [0.717, 1.165) is 5.56 Å². The highest BCUT2D eigenvalue weighted by Crippen LogP contribution is 2.16. The van der Waals surface area contributed by atoms with Gasteiger partial charge in [0.15, 0.2) is 0 Å². The molecule has 3 N–H and O–H groups in total. The average Bonchev–Trinajstić information content (AvgIpc) is 2.15. The summed E-state index contributed by atoms with van der Waals surface area (Å²) in [5.41, 5.74) is 6.29. The molecule has 0 aliphatic rings. The number of carboxylic acid groups (broad SMARTS) is 1. The molecule has 5 heteroatoms. The Labute approximate surface area is 93.9 Å². The van der Waals surface area contributed by atoms with Crippen molar-refractivity contribution in [2.75, 3.05) is 5.73 Å². The molecular formula is C10H14N2O2S. The first-order chi connectivity index (χ1) is 7.00. The second kappa shape index (κ2) is 5.02. The molecule has 1 rings (SSSR count). The molecule has 0 radical (unpaired) electrons. The number of nitrogens with two attached hydrogens (primary N) is 1. The number of anilines is 1. The highest BCUT2D eigenvalue weighted by Gasteiger charge is 2.22. The molecule has 0 aliphatic carbocycles. The molecule has 1 aromatic rings. The Balaban J connectivity index is 2.74. The molecule has 0 fully saturated rings. The smallest absolute Gasteiger partial charge is 0.307 e. The van der Waals surface area contributed by atoms with Gasteiger partial charge in [-0.3, -0.25) is 4.79 Å². The summed E-state index contributed by atoms with van der Waals surface area (Å²) >= 11 is 4.16. The standard InChI is InChI=1S/C10H14N2O2S/c1-6(15)8(10(13)14)4-7-2-3-9(11)12-5-7/h2-3,5-6,8,15H,4H2,1H3,(H2,11,12)(H,13,14). The van der Waals surface area contributed by atoms with Crippen LogP contribution in [0, 0.1) is 5.92 Å². The summed E-state index contributed by atoms with van der Waals surface area (Å²) in [7, 11) is 0. The first kappa shape index (κ1) is 11.8. The minimum absolute atomic E-state index is 0.194. The number of aromatic nitrogens is 1. The fraction of sp³-hybridized carbons (Fsp3) is 0.400. The minimum Gasteiger partial charge on any atom is -0.481 e. The molecule has 0 saturated carbocycles. The van der Waals surface area contributed by atoms with Crippen molar-refractivity contribution in [3.63, 3.8) is 0 Å². The molecule has 1 aromatic heterocycles. The predicted molar refractivity (Wildman–Crippen MR) is 61.9 cm³/mol. The molecule has 1 heterocycles. The molecule has 0 spiro atoms. The largest absolute Gasteiger partial charge is 0.481 e. The van der Waals surface area contributed by atoms with Crippen LogP contribution in [0.1, 0.15) is 12.5 Å². The Kier molecular flexibility index (Phi) is 3.96. The molecule has 82 valence electrons. The second-order valence-corrected chi connectivity index (χ2v) is 4.30. The Hall–Kier alpha value is -1.23. The quantitative estimate of drug-likeness (QED) is 0.675. The van der Waals surface area contributed by atoms with E-state index in [1.165, 1.54) is 0 Å². The summed E-state index contributed by atoms with van der Waals surface area (Å²) in [6.07, 6.45) is 2.02. The Morgan fingerprint density at radius 1 is 1.67 bits per heavy atom. The SMILES string of the molecule is CC(S)C(Cc1ccc(N)nc1)C(=O)O. The van der Waals surface area contributed by atoms with Crippen molar-refractivity contribution in [3.8, 4) is 0 Å². The van der Waals surface area contributed by atoms with Gasteiger partial charge in [0.2, 0.25) is 0 Å². The number of rotatable bonds is 4. The predicted octanol–water partition coefficient (Wildman–Crippen LogP) is 1.23. The van der Waals surface area contributed by atoms with Crippen molar-refractivity contribution < 1.29 is 9.90 Å². The topological polar surface area (TPSA) is 76.2 Å². The molecule has 0 aromatic carbocycles. The second-order valence-electron chi connectivity index (χ2n) is 3.48. The van der Waals surface area contributed by atoms with Gasteiger partial charge in [-0.25, -0.2) is 4.98 Å². The van der Waals surface area contributed by atoms with Crippen LogP contribution in [-0.4, -0.2) is 21.3 Å². The number of carbonyl (C=O) groups is 1. The third-order valence-electron chi connectivity index (χ3n) is 2.20. The van der Waals surface area contributed by atoms with E-state index >= 15 is 0 Å². The molecule has 0 amide bonds. The van der Waals surface area contributed by atoms with Crippen LogP contribution in [0.4, 0.5) is 5.82 Å². The molecule has 0 aliphatic heterocycles. The lowest BCUT2D eigenvalue weighted by atomic mass is 9.98. The highest BCUT2D eigenvalue weighted by molar-refractivity contribution is 7.81. The van der Waals surface area contributed by atoms with Crippen molar-refractivity contribution in [3.05, 3.63) is 23.9 Å². The third-order valence-corrected chi connectivity index (χ3v) is 2.56. The van der Waals surface area contributed by atoms with E-state index < -0.39 is 11.9 Å². The lowest BCUT2D eigenvalue weighted by Crippen LogP contribution is -2.24. The van der Waals surface area contributed by atoms with Gasteiger partial charge in [-0.1, -0.05) is 13.0 Å². The van der Waals surface area contributed by atoms with Gasteiger partial charge in [0.05, 0.1) is 5.92 Å². The van der Waals surface area contributed by atoms with E-state index in [1.807, 2.05) is 0 Å². The van der Waals surface area contributed by atoms with E-state index in [0.29, 0.717) is 12.2 Å². The van der Waals surface area contributed by atoms with Gasteiger partial charge >= 0.3 is 5.97 Å². The first-order valence-electron chi connectivity index (χ1n) is 4.62. The number of nitrogen functional groups attached to an aromatic ring is 1. The Morgan fingerprint density at radius 2 is 2.33 bits per heavy atom. The van der Waals surface area contributed by atoms with Crippen LogP contribution in [-0.2, 0) is 11.2 Å². The molecule has 0 bridgehead atoms. The van der Waals surface area contributed by atoms with Crippen molar-refractivity contribution in [1.82, 2.24) is 4.98 Å². The van der Waals surface area contributed by atoms with Gasteiger partial charge < -0.3 is 10.8 Å². The van der Waals surface area contributed by atoms with E-state index in [2.05, 4.69) is 17.6 Å². The molecule has 15 heavy (non-hydrogen) atoms. The average molecular weight is 226 g/mol. The summed E-state index contributed by atoms with van der Waals surface area (Å²) in [6.45, 7) is 1.77. The van der Waals surface area contributed by atoms with Crippen LogP contribution >= 0.6 is 12.6 Å². The molecule has 2 atom stereocenters. The van der Waals surface area contributed by atoms with Gasteiger partial charge in [-0.2, -0.15) is 12.6 Å². The number of aliphatic carboxylic acids is 1. The zero-order chi connectivity index (χ0) is 11.4. The van der Waals surface area contributed by atoms with Crippen LogP contribution in [0.25, 0.3) is 0 Å². The normalized spacial score (nSPS) is 14.5. The summed E-state index contributed by atoms with van der Waals surface area (Å²) in [4.78, 5) is 14.8. The number of pyridine rings is 1. The summed E-state index contributed by atoms with van der Waals surface area (Å²) < 4.78 is 0. The van der Waals surface area contributed by atoms with Crippen molar-refractivity contribution >= 4 is 24.4 Å². The van der Waals surface area contributed by atoms with E-state index in [1.54, 1.807) is 25.3 Å². The number of hydrogen-bond acceptors (Lipinski definition) is 4. The maximum atomic E-state index is 10.9. The lowest BCUT2D eigenvalue weighted by molar-refractivity contribution is -0.141. The fourth-order valence-corrected chi connectivity index (χ4v) is 1.51. The van der Waals surface area contributed by atoms with Gasteiger partial charge in [-0.05, 0) is 18.1 Å². The molecule has 2 unspecified atom stereocenters. The molecule has 4 nitrogen and oxygen atoms in total. The molecular weight excluding hydrogens is 212 g/mol. The van der Waals surface area contributed by atoms with Crippen LogP contribution in [0.2, 0.25) is 0 Å². The van der Waals surface area contributed by atoms with Crippen molar-refractivity contribution in [2.24, 2.45) is 5.92 Å². The maximum Gasteiger partial charge on any atom is 0.307 e. The van der Waals surface area contributed by atoms with E-state index in [4.69, 9.17) is 10.8 Å². The van der Waals surface area contributed by atoms with Crippen LogP contribution in [0.15, 0.2) is 18.3 Å². The first-order valence-corrected chi connectivity index (χ1v) is 5.13. The summed E-state index contributed by atoms with van der Waals surface area (Å²) in [6, 6.07) is 3.45. The number of thiol groups is 1. The van der Waals surface area contributed by atoms with Gasteiger partial charge in [0.25, 0.3) is 0 Å². The number of carboxylic acids is 1. The Morgan fingerprint density at radius 3 is 2.73 bits per heavy atom. The van der Waals surface area contributed by atoms with Crippen molar-refractivity contribution in [2.45, 2.75) is 18.6 Å². The molecule has 0 saturated heterocycles. The maximum absolute atomic E-state index is 10.9. The van der Waals surface area contributed by atoms with Gasteiger partial charge in [-0.15, -0.1) is 0 Å². The summed E-state index contributed by atoms with van der Waals surface area (Å²) in [5.74, 6) is -0.905. The third kappa shape index (κ3) is 3.43. The van der Waals surface area contributed by atoms with Crippen molar-refractivity contribution in [1.29, 1.82) is 0 Å². The monoisotopic (exact) mass is 226 g/mol. The summed E-state index contributed by atoms with van der Waals surface area (Å²) in [5, 5.41) is 8.77. The fourth-order valence-electron chi connectivity index (χ4n) is 1.27. The van der Waals surface area contributed by atoms with E-state index in [-0.39, 0.29) is 5.25 Å². The number of hydrogen-bond donors (Lipinski definition) is 3. The Bertz CT molecular complexity index is 338. The van der Waals surface area contributed by atoms with Gasteiger partial charge in [0, 0.05) is 11.4 Å². The van der Waals surface area contributed by atoms with Crippen LogP contribution < -0.4 is 5.73 Å². The zero-order valence-corrected chi connectivity index (χ0v) is 9.32. The lowest BCUT2D eigenvalue weighted by Gasteiger charge is -2.15. The van der Waals surface area contributed by atoms with E-state index in [9.17, 15) is 4.79 Å². The zero-order valence-electron chi connectivity index (χ0n) is 8.42. The van der Waals surface area contributed by atoms with Crippen LogP contribution in [0.3, 0.4) is 0 Å². The van der Waals surface area contributed by atoms with Crippen LogP contribution in [0.5, 0.6) is 0 Å². The van der Waals surface area contributed by atoms with Gasteiger partial charge in [0.1, 0.15) is 5.82 Å². The highest BCUT2D eigenvalue weighted by atomic mass is 32.1.